The Balaban J connectivity index is 1.97. The number of anilines is 3. The summed E-state index contributed by atoms with van der Waals surface area (Å²) in [6, 6.07) is 4.79. The van der Waals surface area contributed by atoms with Gasteiger partial charge in [0, 0.05) is 44.1 Å². The molecule has 0 saturated carbocycles. The quantitative estimate of drug-likeness (QED) is 0.527. The second-order valence-corrected chi connectivity index (χ2v) is 6.59. The second kappa shape index (κ2) is 9.67. The standard InChI is InChI=1S/C18H22N8O5/c1-2-23-7-9-24(10-8-23)13-3-4-14(15(11-13)26(29)30)25(16-5-6-20-12-21-16)18(28)31-22-17(19)27/h3-6,11-12H,2,7-10H2,1H3,(H3,19,22,27). The molecule has 1 fully saturated rings. The second-order valence-electron chi connectivity index (χ2n) is 6.59. The number of hydrogen-bond acceptors (Lipinski definition) is 9. The molecule has 0 unspecified atom stereocenters. The van der Waals surface area contributed by atoms with E-state index in [2.05, 4.69) is 26.6 Å². The van der Waals surface area contributed by atoms with Crippen LogP contribution in [-0.4, -0.2) is 64.6 Å². The fraction of sp³-hybridized carbons (Fsp3) is 0.333. The summed E-state index contributed by atoms with van der Waals surface area (Å²) in [5.41, 5.74) is 6.89. The molecule has 0 radical (unpaired) electrons. The maximum atomic E-state index is 12.6. The highest BCUT2D eigenvalue weighted by Gasteiger charge is 2.30. The third kappa shape index (κ3) is 5.14. The monoisotopic (exact) mass is 430 g/mol. The van der Waals surface area contributed by atoms with Crippen molar-refractivity contribution < 1.29 is 19.3 Å². The molecule has 3 N–H and O–H groups in total. The first-order chi connectivity index (χ1) is 14.9. The number of nitrogens with two attached hydrogens (primary N) is 1. The number of rotatable bonds is 5. The van der Waals surface area contributed by atoms with Crippen LogP contribution < -0.4 is 21.0 Å². The normalized spacial score (nSPS) is 14.0. The zero-order chi connectivity index (χ0) is 22.4. The molecule has 0 bridgehead atoms. The molecule has 13 nitrogen and oxygen atoms in total. The number of nitrogens with one attached hydrogen (secondary N) is 1. The Morgan fingerprint density at radius 3 is 2.61 bits per heavy atom. The lowest BCUT2D eigenvalue weighted by Crippen LogP contribution is -2.46. The van der Waals surface area contributed by atoms with Crippen LogP contribution in [0.25, 0.3) is 0 Å². The smallest absolute Gasteiger partial charge is 0.369 e. The summed E-state index contributed by atoms with van der Waals surface area (Å²) < 4.78 is 0. The predicted octanol–water partition coefficient (Wildman–Crippen LogP) is 1.38. The zero-order valence-electron chi connectivity index (χ0n) is 16.8. The number of nitro groups is 1. The van der Waals surface area contributed by atoms with Gasteiger partial charge in [-0.15, -0.1) is 0 Å². The summed E-state index contributed by atoms with van der Waals surface area (Å²) in [5, 5.41) is 11.9. The SMILES string of the molecule is CCN1CCN(c2ccc(N(C(=O)ONC(N)=O)c3ccncn3)c([N+](=O)[O-])c2)CC1. The van der Waals surface area contributed by atoms with Gasteiger partial charge in [0.25, 0.3) is 5.69 Å². The molecular weight excluding hydrogens is 408 g/mol. The van der Waals surface area contributed by atoms with Gasteiger partial charge in [-0.2, -0.15) is 5.48 Å². The maximum absolute atomic E-state index is 12.6. The average molecular weight is 430 g/mol. The number of nitro benzene ring substituents is 1. The number of primary amides is 1. The van der Waals surface area contributed by atoms with Crippen molar-refractivity contribution in [1.29, 1.82) is 0 Å². The number of hydroxylamine groups is 1. The van der Waals surface area contributed by atoms with Crippen LogP contribution in [0.15, 0.2) is 36.8 Å². The van der Waals surface area contributed by atoms with Crippen LogP contribution in [0.5, 0.6) is 0 Å². The number of nitrogens with zero attached hydrogens (tertiary/aromatic N) is 6. The predicted molar refractivity (Wildman–Crippen MR) is 111 cm³/mol. The Hall–Kier alpha value is -4.00. The minimum absolute atomic E-state index is 0.0127. The summed E-state index contributed by atoms with van der Waals surface area (Å²) in [6.07, 6.45) is 1.40. The summed E-state index contributed by atoms with van der Waals surface area (Å²) in [6.45, 7) is 6.19. The Labute approximate surface area is 177 Å². The molecule has 3 amide bonds. The lowest BCUT2D eigenvalue weighted by Gasteiger charge is -2.35. The van der Waals surface area contributed by atoms with Gasteiger partial charge in [0.1, 0.15) is 17.8 Å². The van der Waals surface area contributed by atoms with Crippen molar-refractivity contribution in [3.8, 4) is 0 Å². The molecule has 2 heterocycles. The highest BCUT2D eigenvalue weighted by molar-refractivity contribution is 5.98. The molecule has 0 atom stereocenters. The number of aromatic nitrogens is 2. The number of urea groups is 1. The number of benzene rings is 1. The van der Waals surface area contributed by atoms with Gasteiger partial charge < -0.3 is 20.4 Å². The van der Waals surface area contributed by atoms with Crippen molar-refractivity contribution in [3.05, 3.63) is 46.9 Å². The minimum Gasteiger partial charge on any atom is -0.369 e. The van der Waals surface area contributed by atoms with Crippen LogP contribution in [0.2, 0.25) is 0 Å². The summed E-state index contributed by atoms with van der Waals surface area (Å²) in [4.78, 5) is 52.4. The van der Waals surface area contributed by atoms with E-state index in [-0.39, 0.29) is 17.2 Å². The molecule has 1 aliphatic heterocycles. The molecule has 3 rings (SSSR count). The van der Waals surface area contributed by atoms with Crippen molar-refractivity contribution in [1.82, 2.24) is 20.3 Å². The Morgan fingerprint density at radius 1 is 1.29 bits per heavy atom. The van der Waals surface area contributed by atoms with Gasteiger partial charge >= 0.3 is 12.1 Å². The first kappa shape index (κ1) is 21.7. The number of piperazine rings is 1. The van der Waals surface area contributed by atoms with Crippen molar-refractivity contribution >= 4 is 35.0 Å². The molecule has 13 heteroatoms. The average Bonchev–Trinajstić information content (AvgIpc) is 2.78. The third-order valence-electron chi connectivity index (χ3n) is 4.80. The number of amides is 3. The van der Waals surface area contributed by atoms with Gasteiger partial charge in [-0.05, 0) is 24.7 Å². The van der Waals surface area contributed by atoms with E-state index in [0.717, 1.165) is 37.6 Å². The Morgan fingerprint density at radius 2 is 2.03 bits per heavy atom. The molecule has 1 saturated heterocycles. The van der Waals surface area contributed by atoms with E-state index >= 15 is 0 Å². The lowest BCUT2D eigenvalue weighted by molar-refractivity contribution is -0.384. The highest BCUT2D eigenvalue weighted by Crippen LogP contribution is 2.36. The molecular formula is C18H22N8O5. The van der Waals surface area contributed by atoms with Crippen molar-refractivity contribution in [2.24, 2.45) is 5.73 Å². The molecule has 0 spiro atoms. The van der Waals surface area contributed by atoms with Gasteiger partial charge in [0.15, 0.2) is 0 Å². The van der Waals surface area contributed by atoms with Gasteiger partial charge in [0.05, 0.1) is 4.92 Å². The van der Waals surface area contributed by atoms with E-state index in [4.69, 9.17) is 5.73 Å². The van der Waals surface area contributed by atoms with E-state index in [1.54, 1.807) is 11.5 Å². The Bertz CT molecular complexity index is 949. The molecule has 1 aromatic heterocycles. The maximum Gasteiger partial charge on any atom is 0.444 e. The van der Waals surface area contributed by atoms with E-state index in [9.17, 15) is 19.7 Å². The summed E-state index contributed by atoms with van der Waals surface area (Å²) in [5.74, 6) is 0.0127. The topological polar surface area (TPSA) is 160 Å². The van der Waals surface area contributed by atoms with Crippen molar-refractivity contribution in [2.45, 2.75) is 6.92 Å². The summed E-state index contributed by atoms with van der Waals surface area (Å²) >= 11 is 0. The molecule has 2 aromatic rings. The van der Waals surface area contributed by atoms with Crippen molar-refractivity contribution in [2.75, 3.05) is 42.5 Å². The van der Waals surface area contributed by atoms with E-state index < -0.39 is 17.0 Å². The lowest BCUT2D eigenvalue weighted by atomic mass is 10.2. The van der Waals surface area contributed by atoms with Crippen LogP contribution in [0.4, 0.5) is 32.5 Å². The van der Waals surface area contributed by atoms with E-state index in [0.29, 0.717) is 5.69 Å². The number of carbonyl (C=O) groups is 2. The number of hydrogen-bond donors (Lipinski definition) is 2. The molecule has 31 heavy (non-hydrogen) atoms. The fourth-order valence-corrected chi connectivity index (χ4v) is 3.24. The molecule has 0 aliphatic carbocycles. The van der Waals surface area contributed by atoms with Gasteiger partial charge in [-0.1, -0.05) is 6.92 Å². The van der Waals surface area contributed by atoms with Crippen LogP contribution in [0.1, 0.15) is 6.92 Å². The Kier molecular flexibility index (Phi) is 6.77. The number of likely N-dealkylation sites (N-methyl/N-ethyl adjacent to an activating group) is 1. The van der Waals surface area contributed by atoms with Gasteiger partial charge in [-0.3, -0.25) is 10.1 Å². The highest BCUT2D eigenvalue weighted by atomic mass is 16.7. The minimum atomic E-state index is -1.13. The van der Waals surface area contributed by atoms with E-state index in [1.165, 1.54) is 30.7 Å². The van der Waals surface area contributed by atoms with E-state index in [1.807, 2.05) is 4.90 Å². The van der Waals surface area contributed by atoms with Gasteiger partial charge in [0.2, 0.25) is 0 Å². The largest absolute Gasteiger partial charge is 0.444 e. The van der Waals surface area contributed by atoms with Gasteiger partial charge in [-0.25, -0.2) is 24.5 Å². The third-order valence-corrected chi connectivity index (χ3v) is 4.80. The van der Waals surface area contributed by atoms with Crippen LogP contribution >= 0.6 is 0 Å². The number of carbonyl (C=O) groups excluding carboxylic acids is 2. The molecule has 1 aliphatic rings. The fourth-order valence-electron chi connectivity index (χ4n) is 3.24. The zero-order valence-corrected chi connectivity index (χ0v) is 16.8. The first-order valence-corrected chi connectivity index (χ1v) is 9.48. The molecule has 1 aromatic carbocycles. The molecule has 164 valence electrons. The van der Waals surface area contributed by atoms with Crippen LogP contribution in [-0.2, 0) is 4.84 Å². The van der Waals surface area contributed by atoms with Crippen molar-refractivity contribution in [3.63, 3.8) is 0 Å². The first-order valence-electron chi connectivity index (χ1n) is 9.48. The summed E-state index contributed by atoms with van der Waals surface area (Å²) in [7, 11) is 0. The van der Waals surface area contributed by atoms with Crippen LogP contribution in [0.3, 0.4) is 0 Å². The van der Waals surface area contributed by atoms with Crippen LogP contribution in [0, 0.1) is 10.1 Å².